The third kappa shape index (κ3) is 2.43. The van der Waals surface area contributed by atoms with Gasteiger partial charge in [-0.25, -0.2) is 8.78 Å². The van der Waals surface area contributed by atoms with Crippen molar-refractivity contribution in [2.75, 3.05) is 0 Å². The van der Waals surface area contributed by atoms with Gasteiger partial charge in [0.15, 0.2) is 5.92 Å². The van der Waals surface area contributed by atoms with E-state index in [0.717, 1.165) is 6.07 Å². The van der Waals surface area contributed by atoms with Gasteiger partial charge >= 0.3 is 6.18 Å². The first-order chi connectivity index (χ1) is 6.86. The molecule has 0 aliphatic heterocycles. The molecule has 80 valence electrons. The molecule has 0 radical (unpaired) electrons. The summed E-state index contributed by atoms with van der Waals surface area (Å²) in [6.07, 6.45) is -4.87. The van der Waals surface area contributed by atoms with Crippen molar-refractivity contribution in [2.45, 2.75) is 12.1 Å². The standard InChI is InChI=1S/C9H4F5N/c10-5-1-2-6(8(11)3-5)7(4-15)9(12,13)14/h1-3,7H. The van der Waals surface area contributed by atoms with Crippen LogP contribution in [0.2, 0.25) is 0 Å². The van der Waals surface area contributed by atoms with Gasteiger partial charge < -0.3 is 0 Å². The van der Waals surface area contributed by atoms with Gasteiger partial charge in [-0.1, -0.05) is 6.07 Å². The number of nitrogens with zero attached hydrogens (tertiary/aromatic N) is 1. The first-order valence-electron chi connectivity index (χ1n) is 3.77. The molecule has 1 rings (SSSR count). The predicted octanol–water partition coefficient (Wildman–Crippen LogP) is 3.13. The lowest BCUT2D eigenvalue weighted by atomic mass is 9.99. The number of hydrogen-bond donors (Lipinski definition) is 0. The number of halogens is 5. The summed E-state index contributed by atoms with van der Waals surface area (Å²) in [7, 11) is 0. The Labute approximate surface area is 81.7 Å². The smallest absolute Gasteiger partial charge is 0.207 e. The van der Waals surface area contributed by atoms with Crippen LogP contribution in [0, 0.1) is 23.0 Å². The van der Waals surface area contributed by atoms with Crippen molar-refractivity contribution in [3.8, 4) is 6.07 Å². The molecule has 0 aromatic heterocycles. The number of rotatable bonds is 1. The van der Waals surface area contributed by atoms with Crippen LogP contribution in [0.3, 0.4) is 0 Å². The van der Waals surface area contributed by atoms with E-state index in [1.54, 1.807) is 0 Å². The average molecular weight is 221 g/mol. The summed E-state index contributed by atoms with van der Waals surface area (Å²) >= 11 is 0. The number of hydrogen-bond acceptors (Lipinski definition) is 1. The van der Waals surface area contributed by atoms with Gasteiger partial charge in [0.25, 0.3) is 0 Å². The van der Waals surface area contributed by atoms with Crippen LogP contribution in [0.4, 0.5) is 22.0 Å². The first kappa shape index (κ1) is 11.4. The molecular weight excluding hydrogens is 217 g/mol. The molecule has 0 saturated carbocycles. The van der Waals surface area contributed by atoms with Crippen molar-refractivity contribution in [1.82, 2.24) is 0 Å². The molecule has 1 unspecified atom stereocenters. The second kappa shape index (κ2) is 3.85. The van der Waals surface area contributed by atoms with E-state index in [1.165, 1.54) is 0 Å². The molecule has 0 bridgehead atoms. The van der Waals surface area contributed by atoms with Crippen molar-refractivity contribution < 1.29 is 22.0 Å². The Balaban J connectivity index is 3.21. The molecule has 1 atom stereocenters. The van der Waals surface area contributed by atoms with Gasteiger partial charge in [0, 0.05) is 11.6 Å². The molecular formula is C9H4F5N. The highest BCUT2D eigenvalue weighted by Gasteiger charge is 2.42. The fourth-order valence-electron chi connectivity index (χ4n) is 1.05. The monoisotopic (exact) mass is 221 g/mol. The van der Waals surface area contributed by atoms with Gasteiger partial charge in [-0.05, 0) is 6.07 Å². The number of alkyl halides is 3. The van der Waals surface area contributed by atoms with E-state index in [1.807, 2.05) is 0 Å². The molecule has 0 saturated heterocycles. The van der Waals surface area contributed by atoms with Crippen LogP contribution in [0.25, 0.3) is 0 Å². The van der Waals surface area contributed by atoms with Crippen LogP contribution < -0.4 is 0 Å². The van der Waals surface area contributed by atoms with Gasteiger partial charge in [-0.15, -0.1) is 0 Å². The van der Waals surface area contributed by atoms with Crippen LogP contribution in [-0.2, 0) is 0 Å². The average Bonchev–Trinajstić information content (AvgIpc) is 2.07. The number of nitriles is 1. The molecule has 1 aromatic carbocycles. The minimum absolute atomic E-state index is 0.311. The van der Waals surface area contributed by atoms with Gasteiger partial charge in [-0.2, -0.15) is 18.4 Å². The third-order valence-electron chi connectivity index (χ3n) is 1.73. The Morgan fingerprint density at radius 3 is 2.20 bits per heavy atom. The van der Waals surface area contributed by atoms with Crippen LogP contribution in [0.1, 0.15) is 11.5 Å². The van der Waals surface area contributed by atoms with Gasteiger partial charge in [0.2, 0.25) is 0 Å². The van der Waals surface area contributed by atoms with Crippen LogP contribution in [-0.4, -0.2) is 6.18 Å². The predicted molar refractivity (Wildman–Crippen MR) is 40.8 cm³/mol. The van der Waals surface area contributed by atoms with E-state index in [-0.39, 0.29) is 0 Å². The van der Waals surface area contributed by atoms with Crippen molar-refractivity contribution in [3.05, 3.63) is 35.4 Å². The fraction of sp³-hybridized carbons (Fsp3) is 0.222. The molecule has 15 heavy (non-hydrogen) atoms. The summed E-state index contributed by atoms with van der Waals surface area (Å²) in [4.78, 5) is 0. The lowest BCUT2D eigenvalue weighted by molar-refractivity contribution is -0.138. The van der Waals surface area contributed by atoms with Crippen LogP contribution >= 0.6 is 0 Å². The lowest BCUT2D eigenvalue weighted by Gasteiger charge is -2.13. The minimum atomic E-state index is -4.87. The highest BCUT2D eigenvalue weighted by atomic mass is 19.4. The maximum Gasteiger partial charge on any atom is 0.408 e. The summed E-state index contributed by atoms with van der Waals surface area (Å²) in [6.45, 7) is 0. The zero-order valence-electron chi connectivity index (χ0n) is 7.15. The molecule has 0 aliphatic rings. The molecule has 0 fully saturated rings. The number of benzene rings is 1. The fourth-order valence-corrected chi connectivity index (χ4v) is 1.05. The zero-order chi connectivity index (χ0) is 11.6. The van der Waals surface area contributed by atoms with E-state index in [0.29, 0.717) is 18.2 Å². The van der Waals surface area contributed by atoms with Crippen LogP contribution in [0.5, 0.6) is 0 Å². The summed E-state index contributed by atoms with van der Waals surface area (Å²) in [5.41, 5.74) is -0.869. The Morgan fingerprint density at radius 1 is 1.20 bits per heavy atom. The Hall–Kier alpha value is -1.64. The normalized spacial score (nSPS) is 13.3. The van der Waals surface area contributed by atoms with E-state index in [2.05, 4.69) is 0 Å². The van der Waals surface area contributed by atoms with E-state index >= 15 is 0 Å². The van der Waals surface area contributed by atoms with E-state index in [9.17, 15) is 22.0 Å². The maximum atomic E-state index is 12.9. The molecule has 0 heterocycles. The van der Waals surface area contributed by atoms with Crippen LogP contribution in [0.15, 0.2) is 18.2 Å². The van der Waals surface area contributed by atoms with E-state index < -0.39 is 29.3 Å². The first-order valence-corrected chi connectivity index (χ1v) is 3.77. The molecule has 0 amide bonds. The lowest BCUT2D eigenvalue weighted by Crippen LogP contribution is -2.20. The molecule has 6 heteroatoms. The highest BCUT2D eigenvalue weighted by molar-refractivity contribution is 5.28. The second-order valence-electron chi connectivity index (χ2n) is 2.77. The quantitative estimate of drug-likeness (QED) is 0.668. The minimum Gasteiger partial charge on any atom is -0.207 e. The molecule has 0 spiro atoms. The Morgan fingerprint density at radius 2 is 1.80 bits per heavy atom. The highest BCUT2D eigenvalue weighted by Crippen LogP contribution is 2.35. The molecule has 0 aliphatic carbocycles. The second-order valence-corrected chi connectivity index (χ2v) is 2.77. The van der Waals surface area contributed by atoms with Gasteiger partial charge in [0.05, 0.1) is 6.07 Å². The van der Waals surface area contributed by atoms with Crippen molar-refractivity contribution in [1.29, 1.82) is 5.26 Å². The molecule has 0 N–H and O–H groups in total. The molecule has 1 aromatic rings. The summed E-state index contributed by atoms with van der Waals surface area (Å²) in [5, 5.41) is 8.28. The summed E-state index contributed by atoms with van der Waals surface area (Å²) < 4.78 is 61.9. The Bertz CT molecular complexity index is 404. The Kier molecular flexibility index (Phi) is 2.93. The largest absolute Gasteiger partial charge is 0.408 e. The van der Waals surface area contributed by atoms with Crippen molar-refractivity contribution in [2.24, 2.45) is 0 Å². The van der Waals surface area contributed by atoms with Gasteiger partial charge in [0.1, 0.15) is 11.6 Å². The van der Waals surface area contributed by atoms with Gasteiger partial charge in [-0.3, -0.25) is 0 Å². The van der Waals surface area contributed by atoms with Crippen molar-refractivity contribution >= 4 is 0 Å². The zero-order valence-corrected chi connectivity index (χ0v) is 7.15. The van der Waals surface area contributed by atoms with E-state index in [4.69, 9.17) is 5.26 Å². The molecule has 1 nitrogen and oxygen atoms in total. The maximum absolute atomic E-state index is 12.9. The summed E-state index contributed by atoms with van der Waals surface area (Å²) in [6, 6.07) is 2.53. The SMILES string of the molecule is N#CC(c1ccc(F)cc1F)C(F)(F)F. The third-order valence-corrected chi connectivity index (χ3v) is 1.73. The topological polar surface area (TPSA) is 23.8 Å². The summed E-state index contributed by atoms with van der Waals surface area (Å²) in [5.74, 6) is -4.94. The van der Waals surface area contributed by atoms with Crippen molar-refractivity contribution in [3.63, 3.8) is 0 Å².